The lowest BCUT2D eigenvalue weighted by molar-refractivity contribution is -0.152. The number of aliphatic hydroxyl groups is 1. The van der Waals surface area contributed by atoms with Gasteiger partial charge in [0.1, 0.15) is 35.9 Å². The number of carbonyl (C=O) groups is 1. The fourth-order valence-corrected chi connectivity index (χ4v) is 6.10. The van der Waals surface area contributed by atoms with E-state index >= 15 is 4.39 Å². The molecule has 1 aliphatic heterocycles. The second-order valence-electron chi connectivity index (χ2n) is 10.0. The van der Waals surface area contributed by atoms with E-state index in [1.54, 1.807) is 0 Å². The Morgan fingerprint density at radius 1 is 1.25 bits per heavy atom. The zero-order valence-electron chi connectivity index (χ0n) is 22.0. The summed E-state index contributed by atoms with van der Waals surface area (Å²) in [6, 6.07) is 4.32. The highest BCUT2D eigenvalue weighted by molar-refractivity contribution is 7.52. The molecule has 40 heavy (non-hydrogen) atoms. The highest BCUT2D eigenvalue weighted by Crippen LogP contribution is 2.47. The number of aromatic amines is 1. The van der Waals surface area contributed by atoms with Crippen LogP contribution in [0.15, 0.2) is 46.1 Å². The number of aliphatic hydroxyl groups excluding tert-OH is 1. The molecule has 0 bridgehead atoms. The first kappa shape index (κ1) is 30.1. The van der Waals surface area contributed by atoms with Crippen LogP contribution >= 0.6 is 7.75 Å². The van der Waals surface area contributed by atoms with E-state index < -0.39 is 67.5 Å². The second-order valence-corrected chi connectivity index (χ2v) is 11.7. The maximum absolute atomic E-state index is 15.5. The zero-order valence-corrected chi connectivity index (χ0v) is 22.9. The molecular formula is C25H32F2N3O9P. The number of esters is 1. The number of aromatic nitrogens is 2. The number of rotatable bonds is 10. The number of alkyl halides is 1. The van der Waals surface area contributed by atoms with Crippen LogP contribution in [-0.4, -0.2) is 57.3 Å². The molecule has 3 N–H and O–H groups in total. The molecule has 2 fully saturated rings. The first-order valence-electron chi connectivity index (χ1n) is 12.9. The predicted molar refractivity (Wildman–Crippen MR) is 137 cm³/mol. The van der Waals surface area contributed by atoms with E-state index in [0.717, 1.165) is 68.0 Å². The van der Waals surface area contributed by atoms with E-state index in [2.05, 4.69) is 5.09 Å². The van der Waals surface area contributed by atoms with Crippen molar-refractivity contribution in [1.82, 2.24) is 14.6 Å². The van der Waals surface area contributed by atoms with Gasteiger partial charge in [0.25, 0.3) is 5.56 Å². The minimum absolute atomic E-state index is 0.0639. The SMILES string of the molecule is C[C@H](NP(=O)(OCC1O[C@@H](n2ccc(=O)[nH]c2=O)[C@](C)(F)[C@@H]1O)Oc1ccc(F)cc1)C(=O)OC1CCCCC1. The monoisotopic (exact) mass is 587 g/mol. The van der Waals surface area contributed by atoms with Crippen molar-refractivity contribution < 1.29 is 41.8 Å². The van der Waals surface area contributed by atoms with Crippen LogP contribution in [0.4, 0.5) is 8.78 Å². The van der Waals surface area contributed by atoms with Crippen LogP contribution in [0.3, 0.4) is 0 Å². The number of hydrogen-bond acceptors (Lipinski definition) is 9. The topological polar surface area (TPSA) is 158 Å². The molecule has 0 radical (unpaired) electrons. The highest BCUT2D eigenvalue weighted by atomic mass is 31.2. The molecule has 1 aromatic carbocycles. The molecule has 4 rings (SSSR count). The fraction of sp³-hybridized carbons (Fsp3) is 0.560. The summed E-state index contributed by atoms with van der Waals surface area (Å²) in [7, 11) is -4.45. The van der Waals surface area contributed by atoms with Crippen LogP contribution < -0.4 is 20.9 Å². The number of benzene rings is 1. The Hall–Kier alpha value is -2.90. The van der Waals surface area contributed by atoms with E-state index in [4.69, 9.17) is 18.5 Å². The quantitative estimate of drug-likeness (QED) is 0.279. The third-order valence-electron chi connectivity index (χ3n) is 6.81. The molecule has 2 aliphatic rings. The lowest BCUT2D eigenvalue weighted by atomic mass is 9.98. The molecule has 1 aromatic heterocycles. The van der Waals surface area contributed by atoms with E-state index in [9.17, 15) is 28.4 Å². The van der Waals surface area contributed by atoms with Gasteiger partial charge >= 0.3 is 19.4 Å². The molecule has 2 unspecified atom stereocenters. The van der Waals surface area contributed by atoms with Crippen molar-refractivity contribution in [2.24, 2.45) is 0 Å². The Balaban J connectivity index is 1.49. The maximum Gasteiger partial charge on any atom is 0.459 e. The number of hydrogen-bond donors (Lipinski definition) is 3. The average molecular weight is 588 g/mol. The number of carbonyl (C=O) groups excluding carboxylic acids is 1. The fourth-order valence-electron chi connectivity index (χ4n) is 4.60. The molecule has 12 nitrogen and oxygen atoms in total. The zero-order chi connectivity index (χ0) is 29.1. The van der Waals surface area contributed by atoms with Crippen molar-refractivity contribution in [3.05, 3.63) is 63.2 Å². The first-order chi connectivity index (χ1) is 18.9. The highest BCUT2D eigenvalue weighted by Gasteiger charge is 2.56. The third-order valence-corrected chi connectivity index (χ3v) is 8.45. The van der Waals surface area contributed by atoms with Crippen LogP contribution in [-0.2, 0) is 23.4 Å². The van der Waals surface area contributed by atoms with Crippen LogP contribution in [0.1, 0.15) is 52.2 Å². The summed E-state index contributed by atoms with van der Waals surface area (Å²) in [6.45, 7) is 1.69. The van der Waals surface area contributed by atoms with Gasteiger partial charge in [-0.1, -0.05) is 6.42 Å². The Kier molecular flexibility index (Phi) is 9.26. The largest absolute Gasteiger partial charge is 0.461 e. The molecule has 0 spiro atoms. The van der Waals surface area contributed by atoms with Gasteiger partial charge in [0.15, 0.2) is 11.9 Å². The Bertz CT molecular complexity index is 1340. The van der Waals surface area contributed by atoms with Crippen molar-refractivity contribution in [3.8, 4) is 5.75 Å². The summed E-state index contributed by atoms with van der Waals surface area (Å²) < 4.78 is 65.5. The van der Waals surface area contributed by atoms with Crippen LogP contribution in [0, 0.1) is 5.82 Å². The number of ether oxygens (including phenoxy) is 2. The minimum atomic E-state index is -4.45. The maximum atomic E-state index is 15.5. The molecule has 1 saturated heterocycles. The van der Waals surface area contributed by atoms with Crippen LogP contribution in [0.25, 0.3) is 0 Å². The normalized spacial score (nSPS) is 27.6. The Labute approximate surface area is 228 Å². The molecule has 15 heteroatoms. The molecule has 220 valence electrons. The van der Waals surface area contributed by atoms with Crippen molar-refractivity contribution in [1.29, 1.82) is 0 Å². The average Bonchev–Trinajstić information content (AvgIpc) is 3.13. The minimum Gasteiger partial charge on any atom is -0.461 e. The Morgan fingerprint density at radius 2 is 1.93 bits per heavy atom. The number of nitrogens with one attached hydrogen (secondary N) is 2. The molecular weight excluding hydrogens is 555 g/mol. The smallest absolute Gasteiger partial charge is 0.459 e. The molecule has 0 amide bonds. The van der Waals surface area contributed by atoms with Crippen LogP contribution in [0.5, 0.6) is 5.75 Å². The van der Waals surface area contributed by atoms with Crippen molar-refractivity contribution >= 4 is 13.7 Å². The van der Waals surface area contributed by atoms with Crippen molar-refractivity contribution in [2.45, 2.75) is 82.2 Å². The number of nitrogens with zero attached hydrogens (tertiary/aromatic N) is 1. The number of H-pyrrole nitrogens is 1. The summed E-state index contributed by atoms with van der Waals surface area (Å²) >= 11 is 0. The summed E-state index contributed by atoms with van der Waals surface area (Å²) in [5.41, 5.74) is -4.20. The summed E-state index contributed by atoms with van der Waals surface area (Å²) in [4.78, 5) is 38.3. The van der Waals surface area contributed by atoms with Gasteiger partial charge in [-0.25, -0.2) is 18.1 Å². The van der Waals surface area contributed by atoms with E-state index in [0.29, 0.717) is 0 Å². The Morgan fingerprint density at radius 3 is 2.58 bits per heavy atom. The van der Waals surface area contributed by atoms with Gasteiger partial charge in [0.2, 0.25) is 0 Å². The molecule has 1 aliphatic carbocycles. The third kappa shape index (κ3) is 7.05. The molecule has 2 aromatic rings. The summed E-state index contributed by atoms with van der Waals surface area (Å²) in [5, 5.41) is 13.1. The van der Waals surface area contributed by atoms with E-state index in [1.807, 2.05) is 4.98 Å². The van der Waals surface area contributed by atoms with Crippen molar-refractivity contribution in [2.75, 3.05) is 6.61 Å². The lowest BCUT2D eigenvalue weighted by Gasteiger charge is -2.27. The van der Waals surface area contributed by atoms with Gasteiger partial charge in [0, 0.05) is 12.3 Å². The summed E-state index contributed by atoms with van der Waals surface area (Å²) in [6.07, 6.45) is 0.145. The standard InChI is InChI=1S/C25H32F2N3O9P/c1-15(22(33)37-17-6-4-3-5-7-17)29-40(35,39-18-10-8-16(26)9-11-18)36-14-19-21(32)25(2,27)23(38-19)30-13-12-20(31)28-24(30)34/h8-13,15,17,19,21,23,32H,3-7,14H2,1-2H3,(H,29,35)(H,28,31,34)/t15-,19?,21+,23+,25+,40?/m0/s1. The van der Waals surface area contributed by atoms with Gasteiger partial charge in [-0.05, 0) is 63.8 Å². The second kappa shape index (κ2) is 12.3. The van der Waals surface area contributed by atoms with Crippen LogP contribution in [0.2, 0.25) is 0 Å². The number of halogens is 2. The lowest BCUT2D eigenvalue weighted by Crippen LogP contribution is -2.44. The van der Waals surface area contributed by atoms with Gasteiger partial charge in [0.05, 0.1) is 6.61 Å². The van der Waals surface area contributed by atoms with Gasteiger partial charge in [-0.3, -0.25) is 23.7 Å². The molecule has 1 saturated carbocycles. The molecule has 6 atom stereocenters. The van der Waals surface area contributed by atoms with Gasteiger partial charge in [-0.2, -0.15) is 5.09 Å². The predicted octanol–water partition coefficient (Wildman–Crippen LogP) is 2.72. The molecule has 2 heterocycles. The first-order valence-corrected chi connectivity index (χ1v) is 14.4. The van der Waals surface area contributed by atoms with Gasteiger partial charge < -0.3 is 19.1 Å². The van der Waals surface area contributed by atoms with E-state index in [-0.39, 0.29) is 11.9 Å². The van der Waals surface area contributed by atoms with Gasteiger partial charge in [-0.15, -0.1) is 0 Å². The van der Waals surface area contributed by atoms with E-state index in [1.165, 1.54) is 19.1 Å². The van der Waals surface area contributed by atoms with Crippen molar-refractivity contribution in [3.63, 3.8) is 0 Å². The summed E-state index contributed by atoms with van der Waals surface area (Å²) in [5.74, 6) is -1.33.